The molecule has 0 aliphatic carbocycles. The molecular weight excluding hydrogens is 290 g/mol. The van der Waals surface area contributed by atoms with Crippen LogP contribution in [0.2, 0.25) is 0 Å². The van der Waals surface area contributed by atoms with E-state index >= 15 is 0 Å². The number of aromatic nitrogens is 1. The van der Waals surface area contributed by atoms with Gasteiger partial charge in [0.2, 0.25) is 0 Å². The van der Waals surface area contributed by atoms with Crippen LogP contribution in [0.15, 0.2) is 47.8 Å². The molecule has 21 heavy (non-hydrogen) atoms. The minimum Gasteiger partial charge on any atom is -0.332 e. The Labute approximate surface area is 125 Å². The Bertz CT molecular complexity index is 766. The van der Waals surface area contributed by atoms with Crippen LogP contribution in [-0.4, -0.2) is 4.98 Å². The zero-order chi connectivity index (χ0) is 14.8. The summed E-state index contributed by atoms with van der Waals surface area (Å²) in [6.45, 7) is 1.73. The van der Waals surface area contributed by atoms with Crippen molar-refractivity contribution in [2.75, 3.05) is 5.32 Å². The molecule has 0 fully saturated rings. The Kier molecular flexibility index (Phi) is 3.66. The summed E-state index contributed by atoms with van der Waals surface area (Å²) in [5.41, 5.74) is 3.02. The minimum absolute atomic E-state index is 0.223. The van der Waals surface area contributed by atoms with Gasteiger partial charge >= 0.3 is 0 Å². The predicted octanol–water partition coefficient (Wildman–Crippen LogP) is 5.14. The standard InChI is InChI=1S/C16H12F2N2S/c1-10-8-11(2-7-14(10)18)15-9-21-16(20-15)19-13-5-3-12(17)4-6-13/h2-9H,1H3,(H,19,20). The Morgan fingerprint density at radius 3 is 2.52 bits per heavy atom. The van der Waals surface area contributed by atoms with Crippen molar-refractivity contribution in [2.24, 2.45) is 0 Å². The predicted molar refractivity (Wildman–Crippen MR) is 81.9 cm³/mol. The molecule has 1 aromatic heterocycles. The van der Waals surface area contributed by atoms with Crippen LogP contribution in [0.5, 0.6) is 0 Å². The molecule has 0 atom stereocenters. The molecule has 1 heterocycles. The van der Waals surface area contributed by atoms with Gasteiger partial charge in [0.1, 0.15) is 11.6 Å². The maximum atomic E-state index is 13.3. The van der Waals surface area contributed by atoms with E-state index in [4.69, 9.17) is 0 Å². The summed E-state index contributed by atoms with van der Waals surface area (Å²) < 4.78 is 26.1. The molecule has 0 aliphatic heterocycles. The fourth-order valence-electron chi connectivity index (χ4n) is 1.92. The molecule has 0 saturated carbocycles. The van der Waals surface area contributed by atoms with E-state index in [1.165, 1.54) is 29.5 Å². The van der Waals surface area contributed by atoms with Crippen LogP contribution >= 0.6 is 11.3 Å². The normalized spacial score (nSPS) is 10.6. The van der Waals surface area contributed by atoms with Crippen molar-refractivity contribution < 1.29 is 8.78 Å². The lowest BCUT2D eigenvalue weighted by Gasteiger charge is -2.02. The maximum absolute atomic E-state index is 13.3. The second kappa shape index (κ2) is 5.61. The highest BCUT2D eigenvalue weighted by atomic mass is 32.1. The van der Waals surface area contributed by atoms with E-state index in [-0.39, 0.29) is 11.6 Å². The summed E-state index contributed by atoms with van der Waals surface area (Å²) in [5.74, 6) is -0.499. The molecule has 0 aliphatic rings. The molecule has 1 N–H and O–H groups in total. The number of nitrogens with one attached hydrogen (secondary N) is 1. The van der Waals surface area contributed by atoms with Gasteiger partial charge in [0.05, 0.1) is 5.69 Å². The Morgan fingerprint density at radius 1 is 1.05 bits per heavy atom. The van der Waals surface area contributed by atoms with Crippen LogP contribution < -0.4 is 5.32 Å². The largest absolute Gasteiger partial charge is 0.332 e. The van der Waals surface area contributed by atoms with Gasteiger partial charge in [0.25, 0.3) is 0 Å². The zero-order valence-corrected chi connectivity index (χ0v) is 12.0. The van der Waals surface area contributed by atoms with Crippen molar-refractivity contribution >= 4 is 22.2 Å². The van der Waals surface area contributed by atoms with Crippen molar-refractivity contribution in [3.63, 3.8) is 0 Å². The van der Waals surface area contributed by atoms with Crippen LogP contribution in [0.25, 0.3) is 11.3 Å². The number of thiazole rings is 1. The highest BCUT2D eigenvalue weighted by molar-refractivity contribution is 7.14. The third-order valence-electron chi connectivity index (χ3n) is 3.05. The number of aryl methyl sites for hydroxylation is 1. The van der Waals surface area contributed by atoms with E-state index in [0.717, 1.165) is 16.9 Å². The fraction of sp³-hybridized carbons (Fsp3) is 0.0625. The van der Waals surface area contributed by atoms with Crippen molar-refractivity contribution in [1.82, 2.24) is 4.98 Å². The molecular formula is C16H12F2N2S. The van der Waals surface area contributed by atoms with E-state index in [1.54, 1.807) is 31.2 Å². The summed E-state index contributed by atoms with van der Waals surface area (Å²) in [6, 6.07) is 11.0. The summed E-state index contributed by atoms with van der Waals surface area (Å²) in [6.07, 6.45) is 0. The lowest BCUT2D eigenvalue weighted by atomic mass is 10.1. The zero-order valence-electron chi connectivity index (χ0n) is 11.2. The smallest absolute Gasteiger partial charge is 0.187 e. The van der Waals surface area contributed by atoms with E-state index in [1.807, 2.05) is 5.38 Å². The average Bonchev–Trinajstić information content (AvgIpc) is 2.93. The molecule has 5 heteroatoms. The maximum Gasteiger partial charge on any atom is 0.187 e. The van der Waals surface area contributed by atoms with Gasteiger partial charge < -0.3 is 5.32 Å². The first-order valence-corrected chi connectivity index (χ1v) is 7.24. The Hall–Kier alpha value is -2.27. The van der Waals surface area contributed by atoms with E-state index in [0.29, 0.717) is 10.7 Å². The highest BCUT2D eigenvalue weighted by Gasteiger charge is 2.07. The summed E-state index contributed by atoms with van der Waals surface area (Å²) in [5, 5.41) is 5.72. The van der Waals surface area contributed by atoms with Gasteiger partial charge in [-0.25, -0.2) is 13.8 Å². The summed E-state index contributed by atoms with van der Waals surface area (Å²) >= 11 is 1.44. The molecule has 0 bridgehead atoms. The molecule has 2 nitrogen and oxygen atoms in total. The Morgan fingerprint density at radius 2 is 1.81 bits per heavy atom. The number of halogens is 2. The molecule has 0 unspecified atom stereocenters. The van der Waals surface area contributed by atoms with Gasteiger partial charge in [-0.2, -0.15) is 0 Å². The molecule has 0 saturated heterocycles. The first kappa shape index (κ1) is 13.7. The van der Waals surface area contributed by atoms with Crippen LogP contribution in [0.3, 0.4) is 0 Å². The van der Waals surface area contributed by atoms with Gasteiger partial charge in [-0.3, -0.25) is 0 Å². The van der Waals surface area contributed by atoms with Gasteiger partial charge in [-0.15, -0.1) is 11.3 Å². The topological polar surface area (TPSA) is 24.9 Å². The van der Waals surface area contributed by atoms with Crippen LogP contribution in [0.1, 0.15) is 5.56 Å². The molecule has 0 spiro atoms. The van der Waals surface area contributed by atoms with E-state index in [2.05, 4.69) is 10.3 Å². The second-order valence-electron chi connectivity index (χ2n) is 4.63. The van der Waals surface area contributed by atoms with Gasteiger partial charge in [0, 0.05) is 16.6 Å². The van der Waals surface area contributed by atoms with Crippen LogP contribution in [0, 0.1) is 18.6 Å². The number of hydrogen-bond acceptors (Lipinski definition) is 3. The first-order valence-electron chi connectivity index (χ1n) is 6.36. The average molecular weight is 302 g/mol. The van der Waals surface area contributed by atoms with Crippen molar-refractivity contribution in [1.29, 1.82) is 0 Å². The van der Waals surface area contributed by atoms with E-state index < -0.39 is 0 Å². The first-order chi connectivity index (χ1) is 10.1. The quantitative estimate of drug-likeness (QED) is 0.724. The number of rotatable bonds is 3. The number of benzene rings is 2. The van der Waals surface area contributed by atoms with E-state index in [9.17, 15) is 8.78 Å². The van der Waals surface area contributed by atoms with Gasteiger partial charge in [0.15, 0.2) is 5.13 Å². The van der Waals surface area contributed by atoms with Gasteiger partial charge in [-0.1, -0.05) is 0 Å². The lowest BCUT2D eigenvalue weighted by Crippen LogP contribution is -1.90. The molecule has 3 aromatic rings. The third kappa shape index (κ3) is 3.08. The second-order valence-corrected chi connectivity index (χ2v) is 5.49. The molecule has 0 amide bonds. The summed E-state index contributed by atoms with van der Waals surface area (Å²) in [4.78, 5) is 4.46. The van der Waals surface area contributed by atoms with Crippen LogP contribution in [-0.2, 0) is 0 Å². The monoisotopic (exact) mass is 302 g/mol. The van der Waals surface area contributed by atoms with Gasteiger partial charge in [-0.05, 0) is 55.0 Å². The minimum atomic E-state index is -0.276. The molecule has 2 aromatic carbocycles. The van der Waals surface area contributed by atoms with Crippen LogP contribution in [0.4, 0.5) is 19.6 Å². The number of nitrogens with zero attached hydrogens (tertiary/aromatic N) is 1. The molecule has 106 valence electrons. The summed E-state index contributed by atoms with van der Waals surface area (Å²) in [7, 11) is 0. The molecule has 3 rings (SSSR count). The SMILES string of the molecule is Cc1cc(-c2csc(Nc3ccc(F)cc3)n2)ccc1F. The van der Waals surface area contributed by atoms with Crippen molar-refractivity contribution in [3.8, 4) is 11.3 Å². The third-order valence-corrected chi connectivity index (χ3v) is 3.81. The van der Waals surface area contributed by atoms with Crippen molar-refractivity contribution in [3.05, 3.63) is 65.0 Å². The fourth-order valence-corrected chi connectivity index (χ4v) is 2.66. The highest BCUT2D eigenvalue weighted by Crippen LogP contribution is 2.28. The van der Waals surface area contributed by atoms with Crippen molar-refractivity contribution in [2.45, 2.75) is 6.92 Å². The number of anilines is 2. The Balaban J connectivity index is 1.82. The number of hydrogen-bond donors (Lipinski definition) is 1. The molecule has 0 radical (unpaired) electrons. The lowest BCUT2D eigenvalue weighted by molar-refractivity contribution is 0.619.